The van der Waals surface area contributed by atoms with Crippen LogP contribution in [0.2, 0.25) is 0 Å². The number of rotatable bonds is 9. The molecule has 0 aliphatic rings. The summed E-state index contributed by atoms with van der Waals surface area (Å²) in [5.74, 6) is 0. The van der Waals surface area contributed by atoms with Crippen LogP contribution in [0.5, 0.6) is 0 Å². The summed E-state index contributed by atoms with van der Waals surface area (Å²) in [6.45, 7) is 7.51. The molecular formula is C15H25NO2. The SMILES string of the molecule is COCCCOCCNC(C)c1ccccc1C. The molecule has 0 aliphatic carbocycles. The topological polar surface area (TPSA) is 30.5 Å². The number of hydrogen-bond donors (Lipinski definition) is 1. The van der Waals surface area contributed by atoms with E-state index in [1.807, 2.05) is 0 Å². The Morgan fingerprint density at radius 1 is 1.17 bits per heavy atom. The Hall–Kier alpha value is -0.900. The number of benzene rings is 1. The number of aryl methyl sites for hydroxylation is 1. The summed E-state index contributed by atoms with van der Waals surface area (Å²) in [4.78, 5) is 0. The third-order valence-corrected chi connectivity index (χ3v) is 2.99. The van der Waals surface area contributed by atoms with Crippen molar-refractivity contribution in [2.75, 3.05) is 33.5 Å². The summed E-state index contributed by atoms with van der Waals surface area (Å²) in [7, 11) is 1.71. The predicted molar refractivity (Wildman–Crippen MR) is 74.9 cm³/mol. The van der Waals surface area contributed by atoms with E-state index >= 15 is 0 Å². The monoisotopic (exact) mass is 251 g/mol. The molecule has 1 unspecified atom stereocenters. The highest BCUT2D eigenvalue weighted by Crippen LogP contribution is 2.15. The van der Waals surface area contributed by atoms with Crippen molar-refractivity contribution in [1.29, 1.82) is 0 Å². The Labute approximate surface area is 110 Å². The molecule has 0 aliphatic heterocycles. The molecule has 1 rings (SSSR count). The van der Waals surface area contributed by atoms with E-state index in [4.69, 9.17) is 9.47 Å². The van der Waals surface area contributed by atoms with E-state index in [1.54, 1.807) is 7.11 Å². The van der Waals surface area contributed by atoms with Gasteiger partial charge in [0.15, 0.2) is 0 Å². The van der Waals surface area contributed by atoms with Crippen LogP contribution in [0.15, 0.2) is 24.3 Å². The van der Waals surface area contributed by atoms with Crippen LogP contribution in [0.4, 0.5) is 0 Å². The van der Waals surface area contributed by atoms with E-state index < -0.39 is 0 Å². The zero-order chi connectivity index (χ0) is 13.2. The lowest BCUT2D eigenvalue weighted by Crippen LogP contribution is -2.24. The van der Waals surface area contributed by atoms with Gasteiger partial charge in [0.2, 0.25) is 0 Å². The van der Waals surface area contributed by atoms with E-state index in [9.17, 15) is 0 Å². The lowest BCUT2D eigenvalue weighted by Gasteiger charge is -2.16. The molecule has 102 valence electrons. The van der Waals surface area contributed by atoms with E-state index in [-0.39, 0.29) is 0 Å². The van der Waals surface area contributed by atoms with Gasteiger partial charge in [-0.05, 0) is 31.4 Å². The van der Waals surface area contributed by atoms with Gasteiger partial charge in [-0.2, -0.15) is 0 Å². The fraction of sp³-hybridized carbons (Fsp3) is 0.600. The fourth-order valence-corrected chi connectivity index (χ4v) is 1.94. The lowest BCUT2D eigenvalue weighted by molar-refractivity contribution is 0.103. The number of methoxy groups -OCH3 is 1. The molecule has 0 saturated carbocycles. The Kier molecular flexibility index (Phi) is 7.65. The van der Waals surface area contributed by atoms with E-state index in [2.05, 4.69) is 43.4 Å². The third-order valence-electron chi connectivity index (χ3n) is 2.99. The van der Waals surface area contributed by atoms with Crippen molar-refractivity contribution in [3.63, 3.8) is 0 Å². The second-order valence-electron chi connectivity index (χ2n) is 4.49. The lowest BCUT2D eigenvalue weighted by atomic mass is 10.0. The molecule has 0 saturated heterocycles. The van der Waals surface area contributed by atoms with Crippen molar-refractivity contribution in [3.05, 3.63) is 35.4 Å². The third kappa shape index (κ3) is 5.63. The first-order chi connectivity index (χ1) is 8.75. The molecule has 0 radical (unpaired) electrons. The number of hydrogen-bond acceptors (Lipinski definition) is 3. The molecule has 3 nitrogen and oxygen atoms in total. The van der Waals surface area contributed by atoms with Gasteiger partial charge in [0.25, 0.3) is 0 Å². The van der Waals surface area contributed by atoms with E-state index in [0.717, 1.165) is 32.8 Å². The van der Waals surface area contributed by atoms with Crippen molar-refractivity contribution < 1.29 is 9.47 Å². The van der Waals surface area contributed by atoms with Gasteiger partial charge < -0.3 is 14.8 Å². The summed E-state index contributed by atoms with van der Waals surface area (Å²) in [6.07, 6.45) is 0.962. The average molecular weight is 251 g/mol. The molecule has 1 N–H and O–H groups in total. The molecular weight excluding hydrogens is 226 g/mol. The second kappa shape index (κ2) is 9.09. The number of ether oxygens (including phenoxy) is 2. The summed E-state index contributed by atoms with van der Waals surface area (Å²) in [5.41, 5.74) is 2.69. The van der Waals surface area contributed by atoms with Crippen LogP contribution < -0.4 is 5.32 Å². The maximum atomic E-state index is 5.51. The first kappa shape index (κ1) is 15.2. The summed E-state index contributed by atoms with van der Waals surface area (Å²) in [6, 6.07) is 8.85. The van der Waals surface area contributed by atoms with Gasteiger partial charge >= 0.3 is 0 Å². The molecule has 0 fully saturated rings. The van der Waals surface area contributed by atoms with Crippen LogP contribution in [-0.4, -0.2) is 33.5 Å². The molecule has 1 aromatic carbocycles. The highest BCUT2D eigenvalue weighted by molar-refractivity contribution is 5.28. The Morgan fingerprint density at radius 3 is 2.67 bits per heavy atom. The summed E-state index contributed by atoms with van der Waals surface area (Å²) >= 11 is 0. The molecule has 1 atom stereocenters. The van der Waals surface area contributed by atoms with Gasteiger partial charge in [-0.3, -0.25) is 0 Å². The zero-order valence-electron chi connectivity index (χ0n) is 11.7. The van der Waals surface area contributed by atoms with Gasteiger partial charge in [-0.15, -0.1) is 0 Å². The minimum atomic E-state index is 0.369. The standard InChI is InChI=1S/C15H25NO2/c1-13-7-4-5-8-15(13)14(2)16-9-12-18-11-6-10-17-3/h4-5,7-8,14,16H,6,9-12H2,1-3H3. The van der Waals surface area contributed by atoms with Gasteiger partial charge in [0.05, 0.1) is 6.61 Å². The molecule has 0 aromatic heterocycles. The molecule has 0 heterocycles. The molecule has 1 aromatic rings. The Balaban J connectivity index is 2.14. The highest BCUT2D eigenvalue weighted by atomic mass is 16.5. The van der Waals surface area contributed by atoms with Crippen molar-refractivity contribution in [3.8, 4) is 0 Å². The van der Waals surface area contributed by atoms with Crippen molar-refractivity contribution in [2.45, 2.75) is 26.3 Å². The highest BCUT2D eigenvalue weighted by Gasteiger charge is 2.06. The quantitative estimate of drug-likeness (QED) is 0.685. The van der Waals surface area contributed by atoms with Crippen molar-refractivity contribution in [1.82, 2.24) is 5.32 Å². The van der Waals surface area contributed by atoms with E-state index in [1.165, 1.54) is 11.1 Å². The van der Waals surface area contributed by atoms with Crippen LogP contribution in [-0.2, 0) is 9.47 Å². The van der Waals surface area contributed by atoms with Crippen LogP contribution in [0.3, 0.4) is 0 Å². The minimum Gasteiger partial charge on any atom is -0.385 e. The molecule has 0 amide bonds. The maximum Gasteiger partial charge on any atom is 0.0591 e. The first-order valence-corrected chi connectivity index (χ1v) is 6.61. The Bertz CT molecular complexity index is 328. The fourth-order valence-electron chi connectivity index (χ4n) is 1.94. The number of nitrogens with one attached hydrogen (secondary N) is 1. The van der Waals surface area contributed by atoms with Crippen LogP contribution in [0, 0.1) is 6.92 Å². The normalized spacial score (nSPS) is 12.6. The molecule has 0 spiro atoms. The minimum absolute atomic E-state index is 0.369. The summed E-state index contributed by atoms with van der Waals surface area (Å²) < 4.78 is 10.5. The molecule has 3 heteroatoms. The molecule has 0 bridgehead atoms. The first-order valence-electron chi connectivity index (χ1n) is 6.61. The van der Waals surface area contributed by atoms with Crippen LogP contribution in [0.25, 0.3) is 0 Å². The largest absolute Gasteiger partial charge is 0.385 e. The second-order valence-corrected chi connectivity index (χ2v) is 4.49. The smallest absolute Gasteiger partial charge is 0.0591 e. The summed E-state index contributed by atoms with van der Waals surface area (Å²) in [5, 5.41) is 3.47. The van der Waals surface area contributed by atoms with Crippen molar-refractivity contribution >= 4 is 0 Å². The van der Waals surface area contributed by atoms with Gasteiger partial charge in [0, 0.05) is 32.9 Å². The molecule has 18 heavy (non-hydrogen) atoms. The van der Waals surface area contributed by atoms with Gasteiger partial charge in [0.1, 0.15) is 0 Å². The van der Waals surface area contributed by atoms with Crippen LogP contribution >= 0.6 is 0 Å². The Morgan fingerprint density at radius 2 is 1.94 bits per heavy atom. The van der Waals surface area contributed by atoms with E-state index in [0.29, 0.717) is 6.04 Å². The van der Waals surface area contributed by atoms with Gasteiger partial charge in [-0.1, -0.05) is 24.3 Å². The maximum absolute atomic E-state index is 5.51. The zero-order valence-corrected chi connectivity index (χ0v) is 11.7. The average Bonchev–Trinajstić information content (AvgIpc) is 2.38. The van der Waals surface area contributed by atoms with Crippen LogP contribution in [0.1, 0.15) is 30.5 Å². The van der Waals surface area contributed by atoms with Crippen molar-refractivity contribution in [2.24, 2.45) is 0 Å². The predicted octanol–water partition coefficient (Wildman–Crippen LogP) is 2.70. The van der Waals surface area contributed by atoms with Gasteiger partial charge in [-0.25, -0.2) is 0 Å².